The minimum Gasteiger partial charge on any atom is -0.326 e. The van der Waals surface area contributed by atoms with Gasteiger partial charge in [0.1, 0.15) is 0 Å². The number of fused-ring (bicyclic) bond motifs is 1. The minimum absolute atomic E-state index is 0.196. The van der Waals surface area contributed by atoms with E-state index >= 15 is 0 Å². The highest BCUT2D eigenvalue weighted by Gasteiger charge is 2.41. The van der Waals surface area contributed by atoms with Gasteiger partial charge in [-0.25, -0.2) is 0 Å². The van der Waals surface area contributed by atoms with Crippen LogP contribution in [0.4, 0.5) is 5.69 Å². The van der Waals surface area contributed by atoms with E-state index in [1.165, 1.54) is 30.0 Å². The van der Waals surface area contributed by atoms with Gasteiger partial charge < -0.3 is 5.32 Å². The maximum Gasteiger partial charge on any atom is 0.227 e. The van der Waals surface area contributed by atoms with Crippen LogP contribution in [-0.2, 0) is 4.79 Å². The molecule has 2 aromatic rings. The monoisotopic (exact) mass is 267 g/mol. The van der Waals surface area contributed by atoms with Crippen LogP contribution in [0.25, 0.3) is 10.8 Å². The van der Waals surface area contributed by atoms with E-state index in [2.05, 4.69) is 36.5 Å². The summed E-state index contributed by atoms with van der Waals surface area (Å²) in [6, 6.07) is 14.3. The lowest BCUT2D eigenvalue weighted by atomic mass is 10.1. The van der Waals surface area contributed by atoms with Gasteiger partial charge in [0.2, 0.25) is 5.91 Å². The summed E-state index contributed by atoms with van der Waals surface area (Å²) >= 11 is 0. The average molecular weight is 267 g/mol. The molecule has 0 radical (unpaired) electrons. The maximum atomic E-state index is 12.2. The largest absolute Gasteiger partial charge is 0.326 e. The Hall–Kier alpha value is -1.83. The van der Waals surface area contributed by atoms with Crippen LogP contribution < -0.4 is 5.32 Å². The molecular formula is C18H21NO. The standard InChI is InChI=1S/C18H21NO/c1-2-3-6-15-12-17(15)18(20)19-16-10-9-13-7-4-5-8-14(13)11-16/h4-5,7-11,15,17H,2-3,6,12H2,1H3,(H,19,20)/t15-,17-/m0/s1. The van der Waals surface area contributed by atoms with Crippen molar-refractivity contribution in [1.29, 1.82) is 0 Å². The molecule has 20 heavy (non-hydrogen) atoms. The molecule has 0 heterocycles. The third kappa shape index (κ3) is 2.84. The fourth-order valence-corrected chi connectivity index (χ4v) is 2.86. The summed E-state index contributed by atoms with van der Waals surface area (Å²) in [5, 5.41) is 5.44. The highest BCUT2D eigenvalue weighted by atomic mass is 16.2. The van der Waals surface area contributed by atoms with Crippen molar-refractivity contribution in [1.82, 2.24) is 0 Å². The highest BCUT2D eigenvalue weighted by Crippen LogP contribution is 2.43. The van der Waals surface area contributed by atoms with E-state index in [0.29, 0.717) is 5.92 Å². The Morgan fingerprint density at radius 3 is 2.80 bits per heavy atom. The van der Waals surface area contributed by atoms with Gasteiger partial charge in [-0.1, -0.05) is 50.1 Å². The lowest BCUT2D eigenvalue weighted by Crippen LogP contribution is -2.14. The smallest absolute Gasteiger partial charge is 0.227 e. The summed E-state index contributed by atoms with van der Waals surface area (Å²) in [7, 11) is 0. The Labute approximate surface area is 120 Å². The third-order valence-electron chi connectivity index (χ3n) is 4.20. The first-order valence-electron chi connectivity index (χ1n) is 7.57. The number of hydrogen-bond acceptors (Lipinski definition) is 1. The minimum atomic E-state index is 0.196. The first-order valence-corrected chi connectivity index (χ1v) is 7.57. The van der Waals surface area contributed by atoms with Gasteiger partial charge >= 0.3 is 0 Å². The first kappa shape index (κ1) is 13.2. The van der Waals surface area contributed by atoms with Gasteiger partial charge in [-0.2, -0.15) is 0 Å². The van der Waals surface area contributed by atoms with Crippen molar-refractivity contribution in [2.75, 3.05) is 5.32 Å². The normalized spacial score (nSPS) is 20.9. The zero-order valence-electron chi connectivity index (χ0n) is 11.9. The summed E-state index contributed by atoms with van der Waals surface area (Å²) in [5.41, 5.74) is 0.912. The summed E-state index contributed by atoms with van der Waals surface area (Å²) in [6.45, 7) is 2.20. The van der Waals surface area contributed by atoms with Crippen molar-refractivity contribution in [2.45, 2.75) is 32.6 Å². The molecule has 1 saturated carbocycles. The number of nitrogens with one attached hydrogen (secondary N) is 1. The Kier molecular flexibility index (Phi) is 3.72. The molecule has 1 fully saturated rings. The second kappa shape index (κ2) is 5.66. The fourth-order valence-electron chi connectivity index (χ4n) is 2.86. The van der Waals surface area contributed by atoms with Crippen molar-refractivity contribution >= 4 is 22.4 Å². The molecule has 1 amide bonds. The summed E-state index contributed by atoms with van der Waals surface area (Å²) in [5.74, 6) is 1.06. The molecule has 3 rings (SSSR count). The zero-order chi connectivity index (χ0) is 13.9. The molecule has 1 aliphatic rings. The molecule has 104 valence electrons. The van der Waals surface area contributed by atoms with E-state index in [0.717, 1.165) is 12.1 Å². The van der Waals surface area contributed by atoms with E-state index in [4.69, 9.17) is 0 Å². The molecule has 0 bridgehead atoms. The predicted octanol–water partition coefficient (Wildman–Crippen LogP) is 4.60. The quantitative estimate of drug-likeness (QED) is 0.842. The van der Waals surface area contributed by atoms with Crippen LogP contribution in [0.2, 0.25) is 0 Å². The molecular weight excluding hydrogens is 246 g/mol. The second-order valence-corrected chi connectivity index (χ2v) is 5.80. The lowest BCUT2D eigenvalue weighted by Gasteiger charge is -2.06. The molecule has 2 nitrogen and oxygen atoms in total. The Morgan fingerprint density at radius 2 is 2.00 bits per heavy atom. The van der Waals surface area contributed by atoms with Gasteiger partial charge in [0.05, 0.1) is 0 Å². The molecule has 0 aliphatic heterocycles. The van der Waals surface area contributed by atoms with Gasteiger partial charge in [-0.3, -0.25) is 4.79 Å². The van der Waals surface area contributed by atoms with E-state index in [1.54, 1.807) is 0 Å². The molecule has 0 spiro atoms. The maximum absolute atomic E-state index is 12.2. The molecule has 2 aromatic carbocycles. The number of rotatable bonds is 5. The number of benzene rings is 2. The van der Waals surface area contributed by atoms with Crippen molar-refractivity contribution in [2.24, 2.45) is 11.8 Å². The van der Waals surface area contributed by atoms with Crippen molar-refractivity contribution in [3.8, 4) is 0 Å². The van der Waals surface area contributed by atoms with Gasteiger partial charge in [0.15, 0.2) is 0 Å². The molecule has 0 saturated heterocycles. The molecule has 2 atom stereocenters. The van der Waals surface area contributed by atoms with Crippen LogP contribution in [0.15, 0.2) is 42.5 Å². The number of unbranched alkanes of at least 4 members (excludes halogenated alkanes) is 1. The number of hydrogen-bond donors (Lipinski definition) is 1. The van der Waals surface area contributed by atoms with E-state index in [1.807, 2.05) is 18.2 Å². The number of carbonyl (C=O) groups excluding carboxylic acids is 1. The van der Waals surface area contributed by atoms with Crippen molar-refractivity contribution in [3.05, 3.63) is 42.5 Å². The van der Waals surface area contributed by atoms with Gasteiger partial charge in [-0.05, 0) is 41.7 Å². The highest BCUT2D eigenvalue weighted by molar-refractivity contribution is 5.96. The molecule has 0 unspecified atom stereocenters. The number of anilines is 1. The van der Waals surface area contributed by atoms with Crippen LogP contribution in [-0.4, -0.2) is 5.91 Å². The fraction of sp³-hybridized carbons (Fsp3) is 0.389. The van der Waals surface area contributed by atoms with Crippen LogP contribution in [0.5, 0.6) is 0 Å². The Balaban J connectivity index is 1.63. The Morgan fingerprint density at radius 1 is 1.20 bits per heavy atom. The third-order valence-corrected chi connectivity index (χ3v) is 4.20. The SMILES string of the molecule is CCCC[C@H]1C[C@@H]1C(=O)Nc1ccc2ccccc2c1. The van der Waals surface area contributed by atoms with Crippen LogP contribution >= 0.6 is 0 Å². The Bertz CT molecular complexity index is 620. The topological polar surface area (TPSA) is 29.1 Å². The number of carbonyl (C=O) groups is 1. The van der Waals surface area contributed by atoms with E-state index < -0.39 is 0 Å². The van der Waals surface area contributed by atoms with E-state index in [9.17, 15) is 4.79 Å². The second-order valence-electron chi connectivity index (χ2n) is 5.80. The summed E-state index contributed by atoms with van der Waals surface area (Å²) in [6.07, 6.45) is 4.73. The van der Waals surface area contributed by atoms with Crippen LogP contribution in [0.3, 0.4) is 0 Å². The molecule has 0 aromatic heterocycles. The molecule has 2 heteroatoms. The predicted molar refractivity (Wildman–Crippen MR) is 83.7 cm³/mol. The van der Waals surface area contributed by atoms with Crippen LogP contribution in [0, 0.1) is 11.8 Å². The zero-order valence-corrected chi connectivity index (χ0v) is 11.9. The lowest BCUT2D eigenvalue weighted by molar-refractivity contribution is -0.117. The average Bonchev–Trinajstić information content (AvgIpc) is 3.24. The molecule has 1 aliphatic carbocycles. The van der Waals surface area contributed by atoms with Crippen molar-refractivity contribution in [3.63, 3.8) is 0 Å². The number of amides is 1. The summed E-state index contributed by atoms with van der Waals surface area (Å²) in [4.78, 5) is 12.2. The van der Waals surface area contributed by atoms with Gasteiger partial charge in [0.25, 0.3) is 0 Å². The summed E-state index contributed by atoms with van der Waals surface area (Å²) < 4.78 is 0. The van der Waals surface area contributed by atoms with Crippen molar-refractivity contribution < 1.29 is 4.79 Å². The van der Waals surface area contributed by atoms with Gasteiger partial charge in [0, 0.05) is 11.6 Å². The van der Waals surface area contributed by atoms with Gasteiger partial charge in [-0.15, -0.1) is 0 Å². The first-order chi connectivity index (χ1) is 9.78. The van der Waals surface area contributed by atoms with Crippen LogP contribution in [0.1, 0.15) is 32.6 Å². The molecule has 1 N–H and O–H groups in total. The van der Waals surface area contributed by atoms with E-state index in [-0.39, 0.29) is 11.8 Å².